The lowest BCUT2D eigenvalue weighted by Crippen LogP contribution is -2.57. The largest absolute Gasteiger partial charge is 0.395 e. The Kier molecular flexibility index (Phi) is 4.67. The maximum Gasteiger partial charge on any atom is 0.139 e. The van der Waals surface area contributed by atoms with Crippen LogP contribution in [0.4, 0.5) is 0 Å². The predicted molar refractivity (Wildman–Crippen MR) is 101 cm³/mol. The summed E-state index contributed by atoms with van der Waals surface area (Å²) in [5.41, 5.74) is 6.58. The minimum Gasteiger partial charge on any atom is -0.395 e. The van der Waals surface area contributed by atoms with Crippen LogP contribution >= 0.6 is 0 Å². The summed E-state index contributed by atoms with van der Waals surface area (Å²) in [5.74, 6) is 2.34. The molecule has 4 fully saturated rings. The van der Waals surface area contributed by atoms with Crippen LogP contribution in [0.15, 0.2) is 5.16 Å². The summed E-state index contributed by atoms with van der Waals surface area (Å²) in [5, 5.41) is 15.4. The molecule has 0 aromatic heterocycles. The molecular formula is C21H34N2O3. The number of ketones is 1. The van der Waals surface area contributed by atoms with Crippen molar-refractivity contribution in [2.45, 2.75) is 71.3 Å². The maximum absolute atomic E-state index is 12.5. The third-order valence-electron chi connectivity index (χ3n) is 8.63. The van der Waals surface area contributed by atoms with Crippen molar-refractivity contribution in [3.8, 4) is 0 Å². The van der Waals surface area contributed by atoms with Gasteiger partial charge in [0, 0.05) is 18.4 Å². The zero-order valence-electron chi connectivity index (χ0n) is 16.2. The second-order valence-electron chi connectivity index (χ2n) is 9.69. The van der Waals surface area contributed by atoms with Gasteiger partial charge in [-0.25, -0.2) is 0 Å². The van der Waals surface area contributed by atoms with E-state index in [0.717, 1.165) is 57.1 Å². The zero-order chi connectivity index (χ0) is 18.5. The Morgan fingerprint density at radius 2 is 2.00 bits per heavy atom. The lowest BCUT2D eigenvalue weighted by atomic mass is 9.44. The van der Waals surface area contributed by atoms with Gasteiger partial charge in [0.25, 0.3) is 0 Å². The van der Waals surface area contributed by atoms with Gasteiger partial charge in [0.05, 0.1) is 11.8 Å². The molecule has 0 bridgehead atoms. The molecule has 26 heavy (non-hydrogen) atoms. The van der Waals surface area contributed by atoms with E-state index in [0.29, 0.717) is 36.7 Å². The fourth-order valence-corrected chi connectivity index (χ4v) is 7.15. The van der Waals surface area contributed by atoms with Crippen molar-refractivity contribution < 1.29 is 14.7 Å². The lowest BCUT2D eigenvalue weighted by Gasteiger charge is -2.60. The lowest BCUT2D eigenvalue weighted by molar-refractivity contribution is -0.153. The van der Waals surface area contributed by atoms with Gasteiger partial charge in [-0.1, -0.05) is 19.0 Å². The molecule has 5 nitrogen and oxygen atoms in total. The predicted octanol–water partition coefficient (Wildman–Crippen LogP) is 2.90. The molecule has 0 unspecified atom stereocenters. The molecule has 0 radical (unpaired) electrons. The van der Waals surface area contributed by atoms with E-state index in [4.69, 9.17) is 10.6 Å². The third kappa shape index (κ3) is 2.65. The number of carbonyl (C=O) groups excluding carboxylic acids is 1. The number of Topliss-reactive ketones (excluding diaryl/α,β-unsaturated/α-hetero) is 1. The Hall–Kier alpha value is -0.940. The van der Waals surface area contributed by atoms with Crippen LogP contribution < -0.4 is 5.73 Å². The van der Waals surface area contributed by atoms with E-state index in [1.807, 2.05) is 0 Å². The van der Waals surface area contributed by atoms with Gasteiger partial charge < -0.3 is 15.7 Å². The van der Waals surface area contributed by atoms with Gasteiger partial charge in [0.2, 0.25) is 0 Å². The molecule has 0 amide bonds. The Bertz CT molecular complexity index is 606. The van der Waals surface area contributed by atoms with E-state index in [2.05, 4.69) is 19.0 Å². The smallest absolute Gasteiger partial charge is 0.139 e. The number of aliphatic hydroxyl groups excluding tert-OH is 1. The average Bonchev–Trinajstić information content (AvgIpc) is 2.92. The summed E-state index contributed by atoms with van der Waals surface area (Å²) in [7, 11) is 0. The standard InChI is InChI=1S/C21H34N2O3/c1-20-7-5-13(23-26-10-9-22)11-17(20)18(24)12-14-15-3-4-19(25)21(15,2)8-6-16(14)20/h14-18,24H,3-12,22H2,1-2H3/t14-,15-,16-,17+,18-,20+,21-/m0/s1. The number of fused-ring (bicyclic) bond motifs is 5. The van der Waals surface area contributed by atoms with Crippen LogP contribution in [0.2, 0.25) is 0 Å². The van der Waals surface area contributed by atoms with E-state index in [-0.39, 0.29) is 22.9 Å². The number of carbonyl (C=O) groups is 1. The summed E-state index contributed by atoms with van der Waals surface area (Å²) in [4.78, 5) is 17.8. The van der Waals surface area contributed by atoms with Crippen LogP contribution in [-0.2, 0) is 9.63 Å². The minimum absolute atomic E-state index is 0.124. The van der Waals surface area contributed by atoms with E-state index in [9.17, 15) is 9.90 Å². The van der Waals surface area contributed by atoms with Gasteiger partial charge in [-0.2, -0.15) is 0 Å². The number of hydrogen-bond acceptors (Lipinski definition) is 5. The highest BCUT2D eigenvalue weighted by Gasteiger charge is 2.61. The summed E-state index contributed by atoms with van der Waals surface area (Å²) < 4.78 is 0. The van der Waals surface area contributed by atoms with Gasteiger partial charge in [-0.15, -0.1) is 0 Å². The summed E-state index contributed by atoms with van der Waals surface area (Å²) in [6.45, 7) is 5.52. The second kappa shape index (κ2) is 6.59. The molecule has 5 heteroatoms. The monoisotopic (exact) mass is 362 g/mol. The van der Waals surface area contributed by atoms with E-state index < -0.39 is 0 Å². The van der Waals surface area contributed by atoms with Crippen molar-refractivity contribution in [3.63, 3.8) is 0 Å². The van der Waals surface area contributed by atoms with Gasteiger partial charge in [-0.3, -0.25) is 4.79 Å². The Labute approximate surface area is 156 Å². The molecule has 0 aliphatic heterocycles. The number of nitrogens with zero attached hydrogens (tertiary/aromatic N) is 1. The molecule has 0 aromatic rings. The van der Waals surface area contributed by atoms with E-state index >= 15 is 0 Å². The van der Waals surface area contributed by atoms with Crippen molar-refractivity contribution in [2.24, 2.45) is 45.4 Å². The molecule has 4 aliphatic rings. The average molecular weight is 363 g/mol. The van der Waals surface area contributed by atoms with Crippen LogP contribution in [0.1, 0.15) is 65.2 Å². The summed E-state index contributed by atoms with van der Waals surface area (Å²) in [6.07, 6.45) is 7.38. The maximum atomic E-state index is 12.5. The Morgan fingerprint density at radius 3 is 2.77 bits per heavy atom. The van der Waals surface area contributed by atoms with E-state index in [1.54, 1.807) is 0 Å². The van der Waals surface area contributed by atoms with Crippen molar-refractivity contribution >= 4 is 11.5 Å². The van der Waals surface area contributed by atoms with Gasteiger partial charge >= 0.3 is 0 Å². The second-order valence-corrected chi connectivity index (χ2v) is 9.69. The quantitative estimate of drug-likeness (QED) is 0.597. The van der Waals surface area contributed by atoms with Gasteiger partial charge in [0.15, 0.2) is 0 Å². The molecule has 0 saturated heterocycles. The van der Waals surface area contributed by atoms with Crippen LogP contribution in [-0.4, -0.2) is 35.9 Å². The normalized spacial score (nSPS) is 49.5. The molecule has 4 rings (SSSR count). The molecular weight excluding hydrogens is 328 g/mol. The highest BCUT2D eigenvalue weighted by atomic mass is 16.6. The van der Waals surface area contributed by atoms with Crippen molar-refractivity contribution in [1.82, 2.24) is 0 Å². The van der Waals surface area contributed by atoms with Crippen LogP contribution in [0, 0.1) is 34.5 Å². The molecule has 0 aromatic carbocycles. The highest BCUT2D eigenvalue weighted by molar-refractivity contribution is 5.87. The highest BCUT2D eigenvalue weighted by Crippen LogP contribution is 2.65. The molecule has 0 spiro atoms. The zero-order valence-corrected chi connectivity index (χ0v) is 16.2. The molecule has 4 saturated carbocycles. The first-order chi connectivity index (χ1) is 12.4. The fraction of sp³-hybridized carbons (Fsp3) is 0.905. The number of aliphatic hydroxyl groups is 1. The van der Waals surface area contributed by atoms with Crippen molar-refractivity contribution in [1.29, 1.82) is 0 Å². The summed E-state index contributed by atoms with van der Waals surface area (Å²) in [6, 6.07) is 0. The molecule has 0 heterocycles. The van der Waals surface area contributed by atoms with Crippen molar-refractivity contribution in [3.05, 3.63) is 0 Å². The molecule has 4 aliphatic carbocycles. The summed E-state index contributed by atoms with van der Waals surface area (Å²) >= 11 is 0. The first-order valence-electron chi connectivity index (χ1n) is 10.5. The topological polar surface area (TPSA) is 84.9 Å². The van der Waals surface area contributed by atoms with Crippen LogP contribution in [0.3, 0.4) is 0 Å². The fourth-order valence-electron chi connectivity index (χ4n) is 7.15. The molecule has 7 atom stereocenters. The SMILES string of the molecule is C[C@]12CCC(=NOCCN)C[C@@H]1[C@@H](O)C[C@@H]1[C@@H]2CC[C@]2(C)C(=O)CC[C@@H]12. The third-order valence-corrected chi connectivity index (χ3v) is 8.63. The first kappa shape index (κ1) is 18.4. The van der Waals surface area contributed by atoms with Crippen LogP contribution in [0.25, 0.3) is 0 Å². The Morgan fingerprint density at radius 1 is 1.19 bits per heavy atom. The minimum atomic E-state index is -0.292. The number of nitrogens with two attached hydrogens (primary N) is 1. The van der Waals surface area contributed by atoms with Gasteiger partial charge in [-0.05, 0) is 74.0 Å². The number of rotatable bonds is 3. The number of oxime groups is 1. The first-order valence-corrected chi connectivity index (χ1v) is 10.5. The molecule has 3 N–H and O–H groups in total. The number of hydrogen-bond donors (Lipinski definition) is 2. The Balaban J connectivity index is 1.56. The molecule has 146 valence electrons. The van der Waals surface area contributed by atoms with Gasteiger partial charge in [0.1, 0.15) is 12.4 Å². The van der Waals surface area contributed by atoms with Crippen LogP contribution in [0.5, 0.6) is 0 Å². The van der Waals surface area contributed by atoms with Crippen molar-refractivity contribution in [2.75, 3.05) is 13.2 Å². The van der Waals surface area contributed by atoms with E-state index in [1.165, 1.54) is 0 Å².